The van der Waals surface area contributed by atoms with Crippen molar-refractivity contribution in [2.45, 2.75) is 18.9 Å². The van der Waals surface area contributed by atoms with Crippen molar-refractivity contribution in [2.24, 2.45) is 0 Å². The molecule has 0 amide bonds. The van der Waals surface area contributed by atoms with Crippen molar-refractivity contribution in [3.05, 3.63) is 36.1 Å². The van der Waals surface area contributed by atoms with Crippen molar-refractivity contribution in [1.29, 1.82) is 5.26 Å². The van der Waals surface area contributed by atoms with Gasteiger partial charge in [0, 0.05) is 37.9 Å². The molecule has 0 unspecified atom stereocenters. The number of allylic oxidation sites excluding steroid dienone is 1. The minimum Gasteiger partial charge on any atom is -0.514 e. The lowest BCUT2D eigenvalue weighted by atomic mass is 10.0. The van der Waals surface area contributed by atoms with Gasteiger partial charge in [-0.1, -0.05) is 12.1 Å². The van der Waals surface area contributed by atoms with E-state index in [-0.39, 0.29) is 0 Å². The molecule has 1 aromatic carbocycles. The first kappa shape index (κ1) is 16.8. The van der Waals surface area contributed by atoms with Crippen LogP contribution in [0.5, 0.6) is 0 Å². The summed E-state index contributed by atoms with van der Waals surface area (Å²) in [6.45, 7) is 6.77. The molecule has 5 nitrogen and oxygen atoms in total. The third-order valence-electron chi connectivity index (χ3n) is 5.31. The summed E-state index contributed by atoms with van der Waals surface area (Å²) in [6, 6.07) is 10.6. The average Bonchev–Trinajstić information content (AvgIpc) is 2.64. The minimum absolute atomic E-state index is 0.300. The fraction of sp³-hybridized carbons (Fsp3) is 0.526. The maximum Gasteiger partial charge on any atom is 0.103 e. The van der Waals surface area contributed by atoms with Gasteiger partial charge >= 0.3 is 0 Å². The molecule has 2 aliphatic heterocycles. The summed E-state index contributed by atoms with van der Waals surface area (Å²) in [4.78, 5) is 7.48. The molecule has 128 valence electrons. The molecule has 2 heterocycles. The Bertz CT molecular complexity index is 603. The Hall–Kier alpha value is -2.03. The zero-order valence-corrected chi connectivity index (χ0v) is 14.4. The van der Waals surface area contributed by atoms with Gasteiger partial charge in [0.25, 0.3) is 0 Å². The number of aliphatic hydroxyl groups is 1. The summed E-state index contributed by atoms with van der Waals surface area (Å²) in [5, 5.41) is 18.0. The van der Waals surface area contributed by atoms with Gasteiger partial charge in [-0.05, 0) is 50.7 Å². The average molecular weight is 326 g/mol. The molecule has 3 rings (SSSR count). The van der Waals surface area contributed by atoms with Crippen LogP contribution in [0.4, 0.5) is 5.69 Å². The van der Waals surface area contributed by atoms with Crippen LogP contribution < -0.4 is 4.90 Å². The Morgan fingerprint density at radius 3 is 2.25 bits per heavy atom. The van der Waals surface area contributed by atoms with Gasteiger partial charge in [-0.15, -0.1) is 0 Å². The quantitative estimate of drug-likeness (QED) is 0.682. The molecule has 1 N–H and O–H groups in total. The second kappa shape index (κ2) is 7.69. The number of nitrogens with zero attached hydrogens (tertiary/aromatic N) is 4. The van der Waals surface area contributed by atoms with Crippen molar-refractivity contribution < 1.29 is 5.11 Å². The molecular formula is C19H26N4O. The van der Waals surface area contributed by atoms with Gasteiger partial charge in [0.05, 0.1) is 11.8 Å². The Labute approximate surface area is 144 Å². The molecule has 2 fully saturated rings. The number of nitriles is 1. The van der Waals surface area contributed by atoms with Crippen molar-refractivity contribution >= 4 is 11.3 Å². The van der Waals surface area contributed by atoms with E-state index in [9.17, 15) is 0 Å². The number of aliphatic hydroxyl groups excluding tert-OH is 1. The standard InChI is InChI=1S/C19H26N4O/c1-21-8-6-19(7-9-21)23-12-10-22(11-13-23)18-4-2-16(3-5-18)17(14-20)15-24/h2-5,15,19,24H,6-13H2,1H3. The molecular weight excluding hydrogens is 300 g/mol. The van der Waals surface area contributed by atoms with Crippen molar-refractivity contribution in [2.75, 3.05) is 51.2 Å². The number of anilines is 1. The number of hydrogen-bond donors (Lipinski definition) is 1. The Morgan fingerprint density at radius 1 is 1.08 bits per heavy atom. The second-order valence-electron chi connectivity index (χ2n) is 6.76. The molecule has 0 atom stereocenters. The van der Waals surface area contributed by atoms with Crippen LogP contribution in [0.3, 0.4) is 0 Å². The smallest absolute Gasteiger partial charge is 0.103 e. The summed E-state index contributed by atoms with van der Waals surface area (Å²) >= 11 is 0. The van der Waals surface area contributed by atoms with Gasteiger partial charge in [0.15, 0.2) is 0 Å². The van der Waals surface area contributed by atoms with E-state index in [1.165, 1.54) is 31.6 Å². The minimum atomic E-state index is 0.300. The van der Waals surface area contributed by atoms with Crippen LogP contribution >= 0.6 is 0 Å². The van der Waals surface area contributed by atoms with Crippen LogP contribution in [0, 0.1) is 11.3 Å². The van der Waals surface area contributed by atoms with Crippen molar-refractivity contribution in [1.82, 2.24) is 9.80 Å². The van der Waals surface area contributed by atoms with E-state index in [0.717, 1.165) is 44.0 Å². The number of likely N-dealkylation sites (tertiary alicyclic amines) is 1. The summed E-state index contributed by atoms with van der Waals surface area (Å²) in [5.41, 5.74) is 2.25. The molecule has 2 aliphatic rings. The zero-order valence-electron chi connectivity index (χ0n) is 14.4. The van der Waals surface area contributed by atoms with Crippen LogP contribution in [0.2, 0.25) is 0 Å². The first-order valence-electron chi connectivity index (χ1n) is 8.73. The van der Waals surface area contributed by atoms with Crippen LogP contribution in [0.1, 0.15) is 18.4 Å². The van der Waals surface area contributed by atoms with E-state index in [1.807, 2.05) is 30.3 Å². The first-order chi connectivity index (χ1) is 11.7. The van der Waals surface area contributed by atoms with Gasteiger partial charge in [0.2, 0.25) is 0 Å². The molecule has 0 saturated carbocycles. The van der Waals surface area contributed by atoms with Gasteiger partial charge in [-0.25, -0.2) is 0 Å². The van der Waals surface area contributed by atoms with Gasteiger partial charge < -0.3 is 14.9 Å². The van der Waals surface area contributed by atoms with Gasteiger partial charge in [-0.2, -0.15) is 5.26 Å². The molecule has 0 bridgehead atoms. The monoisotopic (exact) mass is 326 g/mol. The van der Waals surface area contributed by atoms with Crippen molar-refractivity contribution in [3.63, 3.8) is 0 Å². The third-order valence-corrected chi connectivity index (χ3v) is 5.31. The number of benzene rings is 1. The topological polar surface area (TPSA) is 53.7 Å². The van der Waals surface area contributed by atoms with Crippen LogP contribution in [0.15, 0.2) is 30.5 Å². The van der Waals surface area contributed by atoms with Crippen LogP contribution in [0.25, 0.3) is 5.57 Å². The first-order valence-corrected chi connectivity index (χ1v) is 8.73. The van der Waals surface area contributed by atoms with Crippen LogP contribution in [-0.4, -0.2) is 67.3 Å². The van der Waals surface area contributed by atoms with E-state index in [4.69, 9.17) is 10.4 Å². The van der Waals surface area contributed by atoms with Gasteiger partial charge in [0.1, 0.15) is 6.07 Å². The summed E-state index contributed by atoms with van der Waals surface area (Å²) in [7, 11) is 2.21. The Balaban J connectivity index is 1.56. The van der Waals surface area contributed by atoms with E-state index >= 15 is 0 Å². The lowest BCUT2D eigenvalue weighted by Gasteiger charge is -2.42. The maximum absolute atomic E-state index is 9.06. The van der Waals surface area contributed by atoms with Crippen molar-refractivity contribution in [3.8, 4) is 6.07 Å². The highest BCUT2D eigenvalue weighted by Gasteiger charge is 2.26. The largest absolute Gasteiger partial charge is 0.514 e. The fourth-order valence-electron chi connectivity index (χ4n) is 3.73. The predicted octanol–water partition coefficient (Wildman–Crippen LogP) is 2.33. The number of piperidine rings is 1. The molecule has 0 radical (unpaired) electrons. The van der Waals surface area contributed by atoms with Gasteiger partial charge in [-0.3, -0.25) is 4.90 Å². The summed E-state index contributed by atoms with van der Waals surface area (Å²) < 4.78 is 0. The third kappa shape index (κ3) is 3.72. The molecule has 0 aromatic heterocycles. The van der Waals surface area contributed by atoms with E-state index < -0.39 is 0 Å². The zero-order chi connectivity index (χ0) is 16.9. The molecule has 0 aliphatic carbocycles. The highest BCUT2D eigenvalue weighted by Crippen LogP contribution is 2.23. The number of hydrogen-bond acceptors (Lipinski definition) is 5. The predicted molar refractivity (Wildman–Crippen MR) is 97.0 cm³/mol. The molecule has 5 heteroatoms. The molecule has 2 saturated heterocycles. The van der Waals surface area contributed by atoms with Crippen LogP contribution in [-0.2, 0) is 0 Å². The summed E-state index contributed by atoms with van der Waals surface area (Å²) in [5.74, 6) is 0. The summed E-state index contributed by atoms with van der Waals surface area (Å²) in [6.07, 6.45) is 3.45. The molecule has 24 heavy (non-hydrogen) atoms. The fourth-order valence-corrected chi connectivity index (χ4v) is 3.73. The van der Waals surface area contributed by atoms with E-state index in [1.54, 1.807) is 0 Å². The Morgan fingerprint density at radius 2 is 1.71 bits per heavy atom. The van der Waals surface area contributed by atoms with E-state index in [2.05, 4.69) is 21.7 Å². The lowest BCUT2D eigenvalue weighted by Crippen LogP contribution is -2.53. The Kier molecular flexibility index (Phi) is 5.39. The maximum atomic E-state index is 9.06. The second-order valence-corrected chi connectivity index (χ2v) is 6.76. The molecule has 1 aromatic rings. The lowest BCUT2D eigenvalue weighted by molar-refractivity contribution is 0.115. The number of rotatable bonds is 3. The highest BCUT2D eigenvalue weighted by molar-refractivity contribution is 5.76. The highest BCUT2D eigenvalue weighted by atomic mass is 16.2. The normalized spacial score (nSPS) is 21.7. The number of piperazine rings is 1. The molecule has 0 spiro atoms. The SMILES string of the molecule is CN1CCC(N2CCN(c3ccc(C(C#N)=CO)cc3)CC2)CC1. The van der Waals surface area contributed by atoms with E-state index in [0.29, 0.717) is 5.57 Å².